The second-order valence-electron chi connectivity index (χ2n) is 5.49. The second-order valence-corrected chi connectivity index (χ2v) is 5.76. The predicted molar refractivity (Wildman–Crippen MR) is 82.5 cm³/mol. The first kappa shape index (κ1) is 14.7. The zero-order chi connectivity index (χ0) is 14.9. The van der Waals surface area contributed by atoms with Gasteiger partial charge in [-0.3, -0.25) is 4.79 Å². The zero-order valence-electron chi connectivity index (χ0n) is 11.9. The van der Waals surface area contributed by atoms with E-state index in [1.165, 1.54) is 0 Å². The molecular formula is C16H18ClNO2. The molecule has 2 aromatic rings. The Labute approximate surface area is 123 Å². The van der Waals surface area contributed by atoms with Crippen molar-refractivity contribution in [3.63, 3.8) is 0 Å². The van der Waals surface area contributed by atoms with E-state index in [0.29, 0.717) is 16.8 Å². The maximum absolute atomic E-state index is 12.5. The summed E-state index contributed by atoms with van der Waals surface area (Å²) in [5.41, 5.74) is -0.180. The van der Waals surface area contributed by atoms with Crippen LogP contribution in [0.15, 0.2) is 36.4 Å². The highest BCUT2D eigenvalue weighted by Gasteiger charge is 2.29. The maximum atomic E-state index is 12.5. The van der Waals surface area contributed by atoms with Gasteiger partial charge in [-0.2, -0.15) is 0 Å². The van der Waals surface area contributed by atoms with Crippen LogP contribution in [0.1, 0.15) is 24.2 Å². The standard InChI is InChI=1S/C16H18ClNO2/c1-16(2,10-17)18(3)15(20)13-9-8-11-6-4-5-7-12(11)14(13)19/h4-9,19H,10H2,1-3H3. The van der Waals surface area contributed by atoms with Crippen LogP contribution in [0.5, 0.6) is 5.75 Å². The fraction of sp³-hybridized carbons (Fsp3) is 0.312. The molecular weight excluding hydrogens is 274 g/mol. The van der Waals surface area contributed by atoms with Crippen molar-refractivity contribution in [3.8, 4) is 5.75 Å². The summed E-state index contributed by atoms with van der Waals surface area (Å²) < 4.78 is 0. The van der Waals surface area contributed by atoms with Gasteiger partial charge in [-0.25, -0.2) is 0 Å². The summed E-state index contributed by atoms with van der Waals surface area (Å²) in [6.07, 6.45) is 0. The van der Waals surface area contributed by atoms with Crippen LogP contribution in [0.4, 0.5) is 0 Å². The number of phenolic OH excluding ortho intramolecular Hbond substituents is 1. The molecule has 2 aromatic carbocycles. The summed E-state index contributed by atoms with van der Waals surface area (Å²) in [6, 6.07) is 10.9. The molecule has 0 aromatic heterocycles. The van der Waals surface area contributed by atoms with Gasteiger partial charge in [0.15, 0.2) is 0 Å². The Hall–Kier alpha value is -1.74. The van der Waals surface area contributed by atoms with Gasteiger partial charge in [-0.05, 0) is 25.3 Å². The van der Waals surface area contributed by atoms with Crippen molar-refractivity contribution in [3.05, 3.63) is 42.0 Å². The van der Waals surface area contributed by atoms with Gasteiger partial charge in [0.2, 0.25) is 0 Å². The Morgan fingerprint density at radius 2 is 1.90 bits per heavy atom. The number of phenols is 1. The van der Waals surface area contributed by atoms with E-state index in [0.717, 1.165) is 5.39 Å². The number of amides is 1. The Morgan fingerprint density at radius 1 is 1.25 bits per heavy atom. The lowest BCUT2D eigenvalue weighted by Crippen LogP contribution is -2.46. The Balaban J connectivity index is 2.48. The number of nitrogens with zero attached hydrogens (tertiary/aromatic N) is 1. The molecule has 0 saturated carbocycles. The van der Waals surface area contributed by atoms with Crippen LogP contribution >= 0.6 is 11.6 Å². The first-order chi connectivity index (χ1) is 9.38. The Morgan fingerprint density at radius 3 is 2.55 bits per heavy atom. The second kappa shape index (κ2) is 5.33. The van der Waals surface area contributed by atoms with Gasteiger partial charge < -0.3 is 10.0 Å². The number of aromatic hydroxyl groups is 1. The minimum Gasteiger partial charge on any atom is -0.506 e. The van der Waals surface area contributed by atoms with E-state index in [2.05, 4.69) is 0 Å². The molecule has 0 saturated heterocycles. The van der Waals surface area contributed by atoms with Crippen molar-refractivity contribution in [2.45, 2.75) is 19.4 Å². The predicted octanol–water partition coefficient (Wildman–Crippen LogP) is 3.63. The fourth-order valence-electron chi connectivity index (χ4n) is 1.97. The first-order valence-corrected chi connectivity index (χ1v) is 6.97. The molecule has 0 aliphatic carbocycles. The number of halogens is 1. The molecule has 0 heterocycles. The van der Waals surface area contributed by atoms with Crippen LogP contribution in [0.3, 0.4) is 0 Å². The lowest BCUT2D eigenvalue weighted by Gasteiger charge is -2.34. The average molecular weight is 292 g/mol. The summed E-state index contributed by atoms with van der Waals surface area (Å²) in [5.74, 6) is 0.105. The molecule has 2 rings (SSSR count). The highest BCUT2D eigenvalue weighted by atomic mass is 35.5. The van der Waals surface area contributed by atoms with Crippen LogP contribution in [-0.4, -0.2) is 34.4 Å². The fourth-order valence-corrected chi connectivity index (χ4v) is 2.15. The monoisotopic (exact) mass is 291 g/mol. The number of benzene rings is 2. The molecule has 0 fully saturated rings. The first-order valence-electron chi connectivity index (χ1n) is 6.43. The molecule has 0 aliphatic rings. The van der Waals surface area contributed by atoms with E-state index in [1.54, 1.807) is 24.1 Å². The van der Waals surface area contributed by atoms with Crippen molar-refractivity contribution in [1.29, 1.82) is 0 Å². The highest BCUT2D eigenvalue weighted by molar-refractivity contribution is 6.18. The lowest BCUT2D eigenvalue weighted by molar-refractivity contribution is 0.0657. The van der Waals surface area contributed by atoms with Crippen LogP contribution in [0.25, 0.3) is 10.8 Å². The van der Waals surface area contributed by atoms with E-state index < -0.39 is 5.54 Å². The quantitative estimate of drug-likeness (QED) is 0.877. The van der Waals surface area contributed by atoms with Gasteiger partial charge in [0.05, 0.1) is 11.1 Å². The van der Waals surface area contributed by atoms with Gasteiger partial charge in [-0.1, -0.05) is 30.3 Å². The summed E-state index contributed by atoms with van der Waals surface area (Å²) >= 11 is 5.90. The summed E-state index contributed by atoms with van der Waals surface area (Å²) in [7, 11) is 1.69. The van der Waals surface area contributed by atoms with Crippen molar-refractivity contribution >= 4 is 28.3 Å². The molecule has 0 atom stereocenters. The minimum absolute atomic E-state index is 0.0188. The zero-order valence-corrected chi connectivity index (χ0v) is 12.6. The molecule has 0 bridgehead atoms. The Kier molecular flexibility index (Phi) is 3.91. The molecule has 3 nitrogen and oxygen atoms in total. The number of carbonyl (C=O) groups excluding carboxylic acids is 1. The SMILES string of the molecule is CN(C(=O)c1ccc2ccccc2c1O)C(C)(C)CCl. The molecule has 0 radical (unpaired) electrons. The van der Waals surface area contributed by atoms with Gasteiger partial charge >= 0.3 is 0 Å². The summed E-state index contributed by atoms with van der Waals surface area (Å²) in [4.78, 5) is 14.1. The van der Waals surface area contributed by atoms with Crippen LogP contribution in [0, 0.1) is 0 Å². The van der Waals surface area contributed by atoms with E-state index in [-0.39, 0.29) is 11.7 Å². The third-order valence-corrected chi connectivity index (χ3v) is 4.32. The molecule has 0 unspecified atom stereocenters. The minimum atomic E-state index is -0.475. The lowest BCUT2D eigenvalue weighted by atomic mass is 10.0. The summed E-state index contributed by atoms with van der Waals surface area (Å²) in [5, 5.41) is 11.9. The number of fused-ring (bicyclic) bond motifs is 1. The maximum Gasteiger partial charge on any atom is 0.257 e. The highest BCUT2D eigenvalue weighted by Crippen LogP contribution is 2.30. The number of hydrogen-bond acceptors (Lipinski definition) is 2. The molecule has 1 amide bonds. The van der Waals surface area contributed by atoms with Gasteiger partial charge in [0.1, 0.15) is 5.75 Å². The van der Waals surface area contributed by atoms with Gasteiger partial charge in [0, 0.05) is 18.3 Å². The number of hydrogen-bond donors (Lipinski definition) is 1. The van der Waals surface area contributed by atoms with E-state index in [9.17, 15) is 9.90 Å². The van der Waals surface area contributed by atoms with Crippen molar-refractivity contribution in [2.75, 3.05) is 12.9 Å². The third kappa shape index (κ3) is 2.46. The molecule has 20 heavy (non-hydrogen) atoms. The Bertz CT molecular complexity index is 652. The van der Waals surface area contributed by atoms with E-state index in [4.69, 9.17) is 11.6 Å². The van der Waals surface area contributed by atoms with Crippen LogP contribution < -0.4 is 0 Å². The van der Waals surface area contributed by atoms with Crippen molar-refractivity contribution in [2.24, 2.45) is 0 Å². The summed E-state index contributed by atoms with van der Waals surface area (Å²) in [6.45, 7) is 3.77. The van der Waals surface area contributed by atoms with Crippen molar-refractivity contribution < 1.29 is 9.90 Å². The van der Waals surface area contributed by atoms with Gasteiger partial charge in [0.25, 0.3) is 5.91 Å². The molecule has 1 N–H and O–H groups in total. The average Bonchev–Trinajstić information content (AvgIpc) is 2.46. The molecule has 0 spiro atoms. The van der Waals surface area contributed by atoms with Crippen molar-refractivity contribution in [1.82, 2.24) is 4.90 Å². The largest absolute Gasteiger partial charge is 0.506 e. The number of alkyl halides is 1. The molecule has 106 valence electrons. The molecule has 4 heteroatoms. The smallest absolute Gasteiger partial charge is 0.257 e. The normalized spacial score (nSPS) is 11.6. The van der Waals surface area contributed by atoms with Gasteiger partial charge in [-0.15, -0.1) is 11.6 Å². The van der Waals surface area contributed by atoms with E-state index in [1.807, 2.05) is 38.1 Å². The topological polar surface area (TPSA) is 40.5 Å². The van der Waals surface area contributed by atoms with Crippen LogP contribution in [-0.2, 0) is 0 Å². The number of carbonyl (C=O) groups is 1. The van der Waals surface area contributed by atoms with E-state index >= 15 is 0 Å². The molecule has 0 aliphatic heterocycles. The van der Waals surface area contributed by atoms with Crippen LogP contribution in [0.2, 0.25) is 0 Å². The number of rotatable bonds is 3. The third-order valence-electron chi connectivity index (χ3n) is 3.67.